The summed E-state index contributed by atoms with van der Waals surface area (Å²) in [5, 5.41) is 5.95. The van der Waals surface area contributed by atoms with Gasteiger partial charge in [-0.25, -0.2) is 9.38 Å². The maximum atomic E-state index is 13.5. The van der Waals surface area contributed by atoms with E-state index in [1.807, 2.05) is 6.92 Å². The Morgan fingerprint density at radius 1 is 1.22 bits per heavy atom. The number of benzene rings is 1. The molecule has 1 aromatic rings. The third-order valence-electron chi connectivity index (χ3n) is 2.73. The summed E-state index contributed by atoms with van der Waals surface area (Å²) in [6.07, 6.45) is -3.90. The molecule has 4 nitrogen and oxygen atoms in total. The molecule has 130 valence electrons. The van der Waals surface area contributed by atoms with E-state index < -0.39 is 12.8 Å². The number of hydrogen-bond acceptors (Lipinski definition) is 2. The van der Waals surface area contributed by atoms with Crippen LogP contribution in [0.1, 0.15) is 18.9 Å². The topological polar surface area (TPSA) is 45.7 Å². The summed E-state index contributed by atoms with van der Waals surface area (Å²) in [5.74, 6) is 0.152. The first-order valence-electron chi connectivity index (χ1n) is 7.32. The largest absolute Gasteiger partial charge is 0.411 e. The quantitative estimate of drug-likeness (QED) is 0.332. The van der Waals surface area contributed by atoms with Gasteiger partial charge in [-0.05, 0) is 19.4 Å². The van der Waals surface area contributed by atoms with Crippen molar-refractivity contribution in [3.05, 3.63) is 35.6 Å². The zero-order valence-corrected chi connectivity index (χ0v) is 12.9. The van der Waals surface area contributed by atoms with Gasteiger partial charge in [0.15, 0.2) is 5.96 Å². The second kappa shape index (κ2) is 10.0. The van der Waals surface area contributed by atoms with Gasteiger partial charge in [0.1, 0.15) is 12.4 Å². The average Bonchev–Trinajstić information content (AvgIpc) is 2.48. The number of halogens is 4. The van der Waals surface area contributed by atoms with Crippen LogP contribution in [-0.2, 0) is 11.3 Å². The molecule has 0 radical (unpaired) electrons. The van der Waals surface area contributed by atoms with Gasteiger partial charge in [0.2, 0.25) is 0 Å². The van der Waals surface area contributed by atoms with Crippen molar-refractivity contribution in [2.24, 2.45) is 4.99 Å². The molecule has 0 saturated heterocycles. The molecule has 0 saturated carbocycles. The highest BCUT2D eigenvalue weighted by Gasteiger charge is 2.27. The zero-order chi connectivity index (χ0) is 17.1. The number of rotatable bonds is 8. The van der Waals surface area contributed by atoms with E-state index in [2.05, 4.69) is 20.4 Å². The lowest BCUT2D eigenvalue weighted by atomic mass is 10.2. The summed E-state index contributed by atoms with van der Waals surface area (Å²) >= 11 is 0. The van der Waals surface area contributed by atoms with Crippen LogP contribution in [0.5, 0.6) is 0 Å². The van der Waals surface area contributed by atoms with E-state index in [0.29, 0.717) is 31.0 Å². The summed E-state index contributed by atoms with van der Waals surface area (Å²) < 4.78 is 53.7. The molecule has 0 amide bonds. The molecule has 0 aromatic heterocycles. The standard InChI is InChI=1S/C15H21F4N3O/c1-2-20-14(21-8-5-9-23-11-15(17,18)19)22-10-12-6-3-4-7-13(12)16/h3-4,6-7H,2,5,8-11H2,1H3,(H2,20,21,22). The van der Waals surface area contributed by atoms with Crippen molar-refractivity contribution in [2.75, 3.05) is 26.3 Å². The number of ether oxygens (including phenoxy) is 1. The van der Waals surface area contributed by atoms with Crippen LogP contribution in [0, 0.1) is 5.82 Å². The highest BCUT2D eigenvalue weighted by molar-refractivity contribution is 5.79. The van der Waals surface area contributed by atoms with Gasteiger partial charge in [-0.2, -0.15) is 13.2 Å². The van der Waals surface area contributed by atoms with Crippen LogP contribution < -0.4 is 10.6 Å². The van der Waals surface area contributed by atoms with Crippen LogP contribution in [0.4, 0.5) is 17.6 Å². The lowest BCUT2D eigenvalue weighted by Gasteiger charge is -2.12. The van der Waals surface area contributed by atoms with E-state index >= 15 is 0 Å². The highest BCUT2D eigenvalue weighted by Crippen LogP contribution is 2.14. The maximum Gasteiger partial charge on any atom is 0.411 e. The van der Waals surface area contributed by atoms with E-state index in [9.17, 15) is 17.6 Å². The van der Waals surface area contributed by atoms with Gasteiger partial charge in [0, 0.05) is 25.3 Å². The molecular weight excluding hydrogens is 314 g/mol. The normalized spacial score (nSPS) is 12.3. The number of hydrogen-bond donors (Lipinski definition) is 2. The van der Waals surface area contributed by atoms with Crippen LogP contribution in [0.15, 0.2) is 29.3 Å². The Hall–Kier alpha value is -1.83. The number of nitrogens with zero attached hydrogens (tertiary/aromatic N) is 1. The first-order chi connectivity index (χ1) is 10.9. The summed E-state index contributed by atoms with van der Waals surface area (Å²) in [6, 6.07) is 6.34. The molecule has 0 bridgehead atoms. The third kappa shape index (κ3) is 9.02. The Balaban J connectivity index is 2.34. The molecule has 1 aromatic carbocycles. The molecule has 23 heavy (non-hydrogen) atoms. The van der Waals surface area contributed by atoms with Crippen LogP contribution in [0.3, 0.4) is 0 Å². The first-order valence-corrected chi connectivity index (χ1v) is 7.32. The molecule has 0 unspecified atom stereocenters. The average molecular weight is 335 g/mol. The number of guanidine groups is 1. The number of aliphatic imine (C=N–C) groups is 1. The van der Waals surface area contributed by atoms with Crippen LogP contribution in [0.25, 0.3) is 0 Å². The van der Waals surface area contributed by atoms with E-state index in [1.165, 1.54) is 6.07 Å². The summed E-state index contributed by atoms with van der Waals surface area (Å²) in [6.45, 7) is 1.83. The van der Waals surface area contributed by atoms with Crippen molar-refractivity contribution in [1.29, 1.82) is 0 Å². The molecule has 0 aliphatic heterocycles. The Morgan fingerprint density at radius 3 is 2.61 bits per heavy atom. The molecule has 8 heteroatoms. The molecule has 0 atom stereocenters. The second-order valence-electron chi connectivity index (χ2n) is 4.73. The molecule has 2 N–H and O–H groups in total. The minimum absolute atomic E-state index is 0.000765. The molecule has 0 aliphatic rings. The van der Waals surface area contributed by atoms with Crippen molar-refractivity contribution in [2.45, 2.75) is 26.1 Å². The maximum absolute atomic E-state index is 13.5. The lowest BCUT2D eigenvalue weighted by molar-refractivity contribution is -0.173. The van der Waals surface area contributed by atoms with E-state index in [0.717, 1.165) is 0 Å². The van der Waals surface area contributed by atoms with Crippen LogP contribution >= 0.6 is 0 Å². The van der Waals surface area contributed by atoms with E-state index in [-0.39, 0.29) is 19.0 Å². The van der Waals surface area contributed by atoms with E-state index in [1.54, 1.807) is 18.2 Å². The molecule has 0 spiro atoms. The van der Waals surface area contributed by atoms with Gasteiger partial charge in [-0.15, -0.1) is 0 Å². The van der Waals surface area contributed by atoms with Gasteiger partial charge in [-0.1, -0.05) is 18.2 Å². The fraction of sp³-hybridized carbons (Fsp3) is 0.533. The Kier molecular flexibility index (Phi) is 8.39. The fourth-order valence-corrected chi connectivity index (χ4v) is 1.70. The van der Waals surface area contributed by atoms with Crippen molar-refractivity contribution in [1.82, 2.24) is 10.6 Å². The summed E-state index contributed by atoms with van der Waals surface area (Å²) in [5.41, 5.74) is 0.471. The smallest absolute Gasteiger partial charge is 0.372 e. The van der Waals surface area contributed by atoms with Gasteiger partial charge in [0.25, 0.3) is 0 Å². The predicted octanol–water partition coefficient (Wildman–Crippen LogP) is 2.85. The summed E-state index contributed by atoms with van der Waals surface area (Å²) in [4.78, 5) is 4.24. The summed E-state index contributed by atoms with van der Waals surface area (Å²) in [7, 11) is 0. The van der Waals surface area contributed by atoms with Crippen molar-refractivity contribution in [3.8, 4) is 0 Å². The Labute approximate surface area is 132 Å². The van der Waals surface area contributed by atoms with Gasteiger partial charge >= 0.3 is 6.18 Å². The predicted molar refractivity (Wildman–Crippen MR) is 80.7 cm³/mol. The molecular formula is C15H21F4N3O. The zero-order valence-electron chi connectivity index (χ0n) is 12.9. The van der Waals surface area contributed by atoms with E-state index in [4.69, 9.17) is 0 Å². The van der Waals surface area contributed by atoms with Crippen molar-refractivity contribution >= 4 is 5.96 Å². The number of nitrogens with one attached hydrogen (secondary N) is 2. The SMILES string of the molecule is CCNC(=NCc1ccccc1F)NCCCOCC(F)(F)F. The lowest BCUT2D eigenvalue weighted by Crippen LogP contribution is -2.38. The van der Waals surface area contributed by atoms with Crippen LogP contribution in [-0.4, -0.2) is 38.4 Å². The Morgan fingerprint density at radius 2 is 1.96 bits per heavy atom. The van der Waals surface area contributed by atoms with Crippen molar-refractivity contribution < 1.29 is 22.3 Å². The monoisotopic (exact) mass is 335 g/mol. The molecule has 0 heterocycles. The van der Waals surface area contributed by atoms with Crippen LogP contribution in [0.2, 0.25) is 0 Å². The number of alkyl halides is 3. The molecule has 0 fully saturated rings. The molecule has 0 aliphatic carbocycles. The fourth-order valence-electron chi connectivity index (χ4n) is 1.70. The van der Waals surface area contributed by atoms with Gasteiger partial charge in [0.05, 0.1) is 6.54 Å². The third-order valence-corrected chi connectivity index (χ3v) is 2.73. The van der Waals surface area contributed by atoms with Gasteiger partial charge in [-0.3, -0.25) is 0 Å². The minimum atomic E-state index is -4.30. The minimum Gasteiger partial charge on any atom is -0.372 e. The second-order valence-corrected chi connectivity index (χ2v) is 4.73. The Bertz CT molecular complexity index is 492. The van der Waals surface area contributed by atoms with Gasteiger partial charge < -0.3 is 15.4 Å². The first kappa shape index (κ1) is 19.2. The molecule has 1 rings (SSSR count). The van der Waals surface area contributed by atoms with Crippen molar-refractivity contribution in [3.63, 3.8) is 0 Å². The highest BCUT2D eigenvalue weighted by atomic mass is 19.4.